The summed E-state index contributed by atoms with van der Waals surface area (Å²) in [6.07, 6.45) is 5.31. The molecular weight excluding hydrogens is 394 g/mol. The Hall–Kier alpha value is -2.06. The molecule has 0 bridgehead atoms. The molecule has 29 heavy (non-hydrogen) atoms. The third kappa shape index (κ3) is 4.59. The summed E-state index contributed by atoms with van der Waals surface area (Å²) in [5.74, 6) is 0.745. The number of nitrogens with one attached hydrogen (secondary N) is 1. The van der Waals surface area contributed by atoms with E-state index in [1.807, 2.05) is 31.5 Å². The molecule has 2 unspecified atom stereocenters. The number of hydrogen-bond acceptors (Lipinski definition) is 6. The van der Waals surface area contributed by atoms with Crippen molar-refractivity contribution in [2.24, 2.45) is 0 Å². The predicted octanol–water partition coefficient (Wildman–Crippen LogP) is 4.21. The zero-order chi connectivity index (χ0) is 20.6. The Morgan fingerprint density at radius 1 is 1.34 bits per heavy atom. The van der Waals surface area contributed by atoms with Gasteiger partial charge < -0.3 is 19.7 Å². The van der Waals surface area contributed by atoms with E-state index in [0.717, 1.165) is 49.0 Å². The molecule has 1 amide bonds. The number of likely N-dealkylation sites (tertiary alicyclic amines) is 1. The molecular formula is C20H28ClN5O3. The third-order valence-electron chi connectivity index (χ3n) is 5.17. The summed E-state index contributed by atoms with van der Waals surface area (Å²) in [7, 11) is 0. The fourth-order valence-electron chi connectivity index (χ4n) is 3.81. The molecule has 2 fully saturated rings. The van der Waals surface area contributed by atoms with Crippen molar-refractivity contribution in [1.82, 2.24) is 19.7 Å². The number of pyridine rings is 1. The van der Waals surface area contributed by atoms with Gasteiger partial charge in [0.15, 0.2) is 12.0 Å². The van der Waals surface area contributed by atoms with Crippen LogP contribution in [0.1, 0.15) is 52.7 Å². The summed E-state index contributed by atoms with van der Waals surface area (Å²) in [6, 6.07) is 1.92. The Labute approximate surface area is 175 Å². The molecule has 1 N–H and O–H groups in total. The molecule has 0 radical (unpaired) electrons. The minimum atomic E-state index is -0.498. The Balaban J connectivity index is 1.52. The van der Waals surface area contributed by atoms with Crippen LogP contribution in [-0.2, 0) is 9.47 Å². The van der Waals surface area contributed by atoms with E-state index in [-0.39, 0.29) is 18.4 Å². The summed E-state index contributed by atoms with van der Waals surface area (Å²) in [6.45, 7) is 7.59. The average molecular weight is 422 g/mol. The molecule has 0 spiro atoms. The molecule has 158 valence electrons. The van der Waals surface area contributed by atoms with Gasteiger partial charge in [0.1, 0.15) is 10.8 Å². The number of carbonyl (C=O) groups is 1. The van der Waals surface area contributed by atoms with Gasteiger partial charge >= 0.3 is 6.09 Å². The van der Waals surface area contributed by atoms with Gasteiger partial charge in [-0.15, -0.1) is 0 Å². The molecule has 9 heteroatoms. The molecule has 4 heterocycles. The lowest BCUT2D eigenvalue weighted by Crippen LogP contribution is -2.36. The van der Waals surface area contributed by atoms with Gasteiger partial charge in [-0.25, -0.2) is 14.5 Å². The van der Waals surface area contributed by atoms with Crippen LogP contribution >= 0.6 is 11.6 Å². The molecule has 2 aromatic heterocycles. The van der Waals surface area contributed by atoms with Gasteiger partial charge in [0, 0.05) is 38.0 Å². The van der Waals surface area contributed by atoms with Crippen molar-refractivity contribution in [3.8, 4) is 0 Å². The average Bonchev–Trinajstić information content (AvgIpc) is 3.26. The molecule has 2 aliphatic rings. The van der Waals surface area contributed by atoms with Crippen molar-refractivity contribution in [3.63, 3.8) is 0 Å². The van der Waals surface area contributed by atoms with Crippen LogP contribution in [0.3, 0.4) is 0 Å². The Bertz CT molecular complexity index is 888. The lowest BCUT2D eigenvalue weighted by atomic mass is 10.2. The molecule has 0 aliphatic carbocycles. The highest BCUT2D eigenvalue weighted by Gasteiger charge is 2.31. The lowest BCUT2D eigenvalue weighted by molar-refractivity contribution is -0.0365. The topological polar surface area (TPSA) is 81.5 Å². The molecule has 2 aliphatic heterocycles. The highest BCUT2D eigenvalue weighted by molar-refractivity contribution is 6.30. The van der Waals surface area contributed by atoms with E-state index in [2.05, 4.69) is 10.3 Å². The third-order valence-corrected chi connectivity index (χ3v) is 5.37. The number of aromatic nitrogens is 3. The number of rotatable bonds is 3. The highest BCUT2D eigenvalue weighted by atomic mass is 35.5. The molecule has 0 saturated carbocycles. The van der Waals surface area contributed by atoms with E-state index >= 15 is 0 Å². The van der Waals surface area contributed by atoms with Crippen molar-refractivity contribution in [1.29, 1.82) is 0 Å². The van der Waals surface area contributed by atoms with Crippen molar-refractivity contribution >= 4 is 34.4 Å². The SMILES string of the molecule is CC(C)(C)OC(=O)N1CCC(Nc2nn(C3CCCCO3)c3cc(Cl)ncc23)C1. The monoisotopic (exact) mass is 421 g/mol. The molecule has 2 atom stereocenters. The lowest BCUT2D eigenvalue weighted by Gasteiger charge is -2.24. The highest BCUT2D eigenvalue weighted by Crippen LogP contribution is 2.32. The van der Waals surface area contributed by atoms with Gasteiger partial charge in [0.05, 0.1) is 10.9 Å². The second-order valence-corrected chi connectivity index (χ2v) is 9.08. The predicted molar refractivity (Wildman–Crippen MR) is 111 cm³/mol. The maximum absolute atomic E-state index is 12.3. The van der Waals surface area contributed by atoms with Crippen LogP contribution in [0.15, 0.2) is 12.3 Å². The smallest absolute Gasteiger partial charge is 0.410 e. The standard InChI is InChI=1S/C20H28ClN5O3/c1-20(2,3)29-19(27)25-8-7-13(12-25)23-18-14-11-22-16(21)10-15(14)26(24-18)17-6-4-5-9-28-17/h10-11,13,17H,4-9,12H2,1-3H3,(H,23,24). The van der Waals surface area contributed by atoms with Crippen molar-refractivity contribution in [3.05, 3.63) is 17.4 Å². The van der Waals surface area contributed by atoms with Crippen LogP contribution < -0.4 is 5.32 Å². The van der Waals surface area contributed by atoms with Crippen molar-refractivity contribution in [2.45, 2.75) is 64.3 Å². The number of halogens is 1. The van der Waals surface area contributed by atoms with Crippen LogP contribution in [0.2, 0.25) is 5.15 Å². The summed E-state index contributed by atoms with van der Waals surface area (Å²) >= 11 is 6.14. The molecule has 2 saturated heterocycles. The van der Waals surface area contributed by atoms with Gasteiger partial charge in [-0.1, -0.05) is 11.6 Å². The first-order valence-corrected chi connectivity index (χ1v) is 10.6. The molecule has 0 aromatic carbocycles. The first-order chi connectivity index (χ1) is 13.8. The van der Waals surface area contributed by atoms with Crippen molar-refractivity contribution < 1.29 is 14.3 Å². The molecule has 8 nitrogen and oxygen atoms in total. The van der Waals surface area contributed by atoms with Crippen LogP contribution in [-0.4, -0.2) is 57.1 Å². The number of hydrogen-bond donors (Lipinski definition) is 1. The van der Waals surface area contributed by atoms with Crippen molar-refractivity contribution in [2.75, 3.05) is 25.0 Å². The normalized spacial score (nSPS) is 22.8. The number of nitrogens with zero attached hydrogens (tertiary/aromatic N) is 4. The Morgan fingerprint density at radius 3 is 2.90 bits per heavy atom. The second-order valence-electron chi connectivity index (χ2n) is 8.69. The first-order valence-electron chi connectivity index (χ1n) is 10.2. The fraction of sp³-hybridized carbons (Fsp3) is 0.650. The van der Waals surface area contributed by atoms with Crippen LogP contribution in [0.25, 0.3) is 10.9 Å². The Kier molecular flexibility index (Phi) is 5.57. The molecule has 2 aromatic rings. The minimum Gasteiger partial charge on any atom is -0.444 e. The van der Waals surface area contributed by atoms with Gasteiger partial charge in [-0.05, 0) is 46.5 Å². The van der Waals surface area contributed by atoms with E-state index in [4.69, 9.17) is 26.2 Å². The van der Waals surface area contributed by atoms with Crippen LogP contribution in [0.5, 0.6) is 0 Å². The largest absolute Gasteiger partial charge is 0.444 e. The number of carbonyl (C=O) groups excluding carboxylic acids is 1. The molecule has 4 rings (SSSR count). The second kappa shape index (κ2) is 7.99. The van der Waals surface area contributed by atoms with E-state index < -0.39 is 5.60 Å². The number of amides is 1. The summed E-state index contributed by atoms with van der Waals surface area (Å²) in [5, 5.41) is 9.62. The number of ether oxygens (including phenoxy) is 2. The van der Waals surface area contributed by atoms with E-state index in [0.29, 0.717) is 18.2 Å². The van der Waals surface area contributed by atoms with E-state index in [1.54, 1.807) is 11.1 Å². The van der Waals surface area contributed by atoms with E-state index in [1.165, 1.54) is 0 Å². The first kappa shape index (κ1) is 20.2. The maximum Gasteiger partial charge on any atom is 0.410 e. The summed E-state index contributed by atoms with van der Waals surface area (Å²) in [5.41, 5.74) is 0.407. The quantitative estimate of drug-likeness (QED) is 0.748. The Morgan fingerprint density at radius 2 is 2.17 bits per heavy atom. The minimum absolute atomic E-state index is 0.0945. The number of fused-ring (bicyclic) bond motifs is 1. The van der Waals surface area contributed by atoms with E-state index in [9.17, 15) is 4.79 Å². The van der Waals surface area contributed by atoms with Gasteiger partial charge in [0.25, 0.3) is 0 Å². The zero-order valence-corrected chi connectivity index (χ0v) is 17.9. The van der Waals surface area contributed by atoms with Gasteiger partial charge in [-0.2, -0.15) is 5.10 Å². The maximum atomic E-state index is 12.3. The van der Waals surface area contributed by atoms with Gasteiger partial charge in [0.2, 0.25) is 0 Å². The number of anilines is 1. The summed E-state index contributed by atoms with van der Waals surface area (Å²) in [4.78, 5) is 18.3. The van der Waals surface area contributed by atoms with Crippen LogP contribution in [0.4, 0.5) is 10.6 Å². The fourth-order valence-corrected chi connectivity index (χ4v) is 3.97. The summed E-state index contributed by atoms with van der Waals surface area (Å²) < 4.78 is 13.3. The van der Waals surface area contributed by atoms with Crippen LogP contribution in [0, 0.1) is 0 Å². The zero-order valence-electron chi connectivity index (χ0n) is 17.2. The van der Waals surface area contributed by atoms with Gasteiger partial charge in [-0.3, -0.25) is 0 Å².